The van der Waals surface area contributed by atoms with Gasteiger partial charge in [0.25, 0.3) is 0 Å². The Hall–Kier alpha value is -3.16. The van der Waals surface area contributed by atoms with E-state index in [0.717, 1.165) is 26.9 Å². The Balaban J connectivity index is 1.38. The van der Waals surface area contributed by atoms with Gasteiger partial charge in [-0.05, 0) is 54.9 Å². The topological polar surface area (TPSA) is 107 Å². The third-order valence-electron chi connectivity index (χ3n) is 6.00. The number of nitrogens with zero attached hydrogens (tertiary/aromatic N) is 6. The first-order valence-corrected chi connectivity index (χ1v) is 11.4. The molecule has 170 valence electrons. The number of fused-ring (bicyclic) bond motifs is 2. The Bertz CT molecular complexity index is 1280. The first-order chi connectivity index (χ1) is 15.7. The molecule has 0 aliphatic carbocycles. The summed E-state index contributed by atoms with van der Waals surface area (Å²) in [4.78, 5) is 20.8. The highest BCUT2D eigenvalue weighted by molar-refractivity contribution is 9.10. The Morgan fingerprint density at radius 2 is 2.09 bits per heavy atom. The van der Waals surface area contributed by atoms with Gasteiger partial charge in [0.05, 0.1) is 42.0 Å². The third kappa shape index (κ3) is 3.71. The molecule has 5 heterocycles. The van der Waals surface area contributed by atoms with Gasteiger partial charge in [-0.15, -0.1) is 0 Å². The first-order valence-electron chi connectivity index (χ1n) is 10.6. The molecule has 0 saturated carbocycles. The number of aromatic nitrogens is 3. The van der Waals surface area contributed by atoms with Crippen molar-refractivity contribution in [2.24, 2.45) is 0 Å². The lowest BCUT2D eigenvalue weighted by atomic mass is 9.95. The van der Waals surface area contributed by atoms with Gasteiger partial charge < -0.3 is 14.7 Å². The van der Waals surface area contributed by atoms with Crippen LogP contribution < -0.4 is 4.90 Å². The van der Waals surface area contributed by atoms with Crippen LogP contribution in [0.3, 0.4) is 0 Å². The second-order valence-electron chi connectivity index (χ2n) is 9.35. The van der Waals surface area contributed by atoms with Crippen LogP contribution in [0.5, 0.6) is 0 Å². The van der Waals surface area contributed by atoms with Gasteiger partial charge in [-0.3, -0.25) is 4.90 Å². The van der Waals surface area contributed by atoms with Crippen molar-refractivity contribution < 1.29 is 14.6 Å². The molecule has 2 saturated heterocycles. The monoisotopic (exact) mass is 510 g/mol. The molecule has 3 aromatic rings. The minimum Gasteiger partial charge on any atom is -0.444 e. The number of rotatable bonds is 2. The summed E-state index contributed by atoms with van der Waals surface area (Å²) >= 11 is 3.50. The van der Waals surface area contributed by atoms with Crippen LogP contribution in [0.15, 0.2) is 41.3 Å². The molecule has 5 rings (SSSR count). The average Bonchev–Trinajstić information content (AvgIpc) is 3.24. The maximum Gasteiger partial charge on any atom is 0.410 e. The van der Waals surface area contributed by atoms with Crippen molar-refractivity contribution in [2.45, 2.75) is 44.6 Å². The van der Waals surface area contributed by atoms with Crippen molar-refractivity contribution in [1.29, 1.82) is 5.26 Å². The van der Waals surface area contributed by atoms with Crippen molar-refractivity contribution in [2.75, 3.05) is 18.0 Å². The molecule has 0 spiro atoms. The number of hydrogen-bond donors (Lipinski definition) is 1. The molecule has 2 aliphatic heterocycles. The van der Waals surface area contributed by atoms with Crippen LogP contribution in [0.1, 0.15) is 26.3 Å². The second-order valence-corrected chi connectivity index (χ2v) is 10.3. The number of anilines is 1. The van der Waals surface area contributed by atoms with E-state index < -0.39 is 17.8 Å². The van der Waals surface area contributed by atoms with Crippen LogP contribution in [0.4, 0.5) is 10.6 Å². The van der Waals surface area contributed by atoms with Gasteiger partial charge in [0.2, 0.25) is 0 Å². The van der Waals surface area contributed by atoms with Crippen molar-refractivity contribution in [1.82, 2.24) is 19.5 Å². The molecule has 0 radical (unpaired) electrons. The molecular weight excluding hydrogens is 488 g/mol. The molecular formula is C23H23BrN6O3. The normalized spacial score (nSPS) is 22.1. The standard InChI is InChI=1S/C23H23BrN6O3/c1-23(2,3)33-22(32)28-12-18(31)21-17(28)11-29(21)19-5-4-13(8-26-19)16-6-15(24)10-30-20(16)14(7-25)9-27-30/h4-6,8-10,17-18,21,31H,11-12H2,1-3H3/t17-,18+,21+/m0/s1. The zero-order chi connectivity index (χ0) is 23.5. The Morgan fingerprint density at radius 1 is 1.30 bits per heavy atom. The summed E-state index contributed by atoms with van der Waals surface area (Å²) in [5.74, 6) is 0.727. The van der Waals surface area contributed by atoms with Gasteiger partial charge in [-0.1, -0.05) is 0 Å². The van der Waals surface area contributed by atoms with Gasteiger partial charge in [0, 0.05) is 34.5 Å². The number of likely N-dealkylation sites (tertiary alicyclic amines) is 1. The number of halogens is 1. The molecule has 1 amide bonds. The minimum absolute atomic E-state index is 0.106. The average molecular weight is 511 g/mol. The molecule has 10 heteroatoms. The van der Waals surface area contributed by atoms with Crippen molar-refractivity contribution in [3.63, 3.8) is 0 Å². The third-order valence-corrected chi connectivity index (χ3v) is 6.43. The molecule has 1 N–H and O–H groups in total. The summed E-state index contributed by atoms with van der Waals surface area (Å²) in [5.41, 5.74) is 2.32. The number of hydrogen-bond acceptors (Lipinski definition) is 7. The molecule has 0 bridgehead atoms. The lowest BCUT2D eigenvalue weighted by Gasteiger charge is -2.47. The second kappa shape index (κ2) is 7.71. The van der Waals surface area contributed by atoms with E-state index in [9.17, 15) is 15.2 Å². The molecule has 3 aromatic heterocycles. The Morgan fingerprint density at radius 3 is 2.76 bits per heavy atom. The van der Waals surface area contributed by atoms with E-state index in [-0.39, 0.29) is 18.6 Å². The predicted octanol–water partition coefficient (Wildman–Crippen LogP) is 3.20. The number of amides is 1. The summed E-state index contributed by atoms with van der Waals surface area (Å²) in [6, 6.07) is 7.65. The summed E-state index contributed by atoms with van der Waals surface area (Å²) in [5, 5.41) is 24.3. The number of aliphatic hydroxyl groups excluding tert-OH is 1. The molecule has 2 aliphatic rings. The maximum absolute atomic E-state index is 12.5. The fourth-order valence-electron chi connectivity index (χ4n) is 4.58. The highest BCUT2D eigenvalue weighted by Gasteiger charge is 2.55. The number of carbonyl (C=O) groups excluding carboxylic acids is 1. The minimum atomic E-state index is -0.674. The van der Waals surface area contributed by atoms with Crippen LogP contribution in [-0.4, -0.2) is 67.6 Å². The van der Waals surface area contributed by atoms with Gasteiger partial charge >= 0.3 is 6.09 Å². The smallest absolute Gasteiger partial charge is 0.410 e. The molecule has 2 fully saturated rings. The van der Waals surface area contributed by atoms with Gasteiger partial charge in [0.15, 0.2) is 0 Å². The fraction of sp³-hybridized carbons (Fsp3) is 0.391. The van der Waals surface area contributed by atoms with E-state index in [1.807, 2.05) is 43.9 Å². The predicted molar refractivity (Wildman–Crippen MR) is 125 cm³/mol. The van der Waals surface area contributed by atoms with Gasteiger partial charge in [-0.2, -0.15) is 10.4 Å². The molecule has 3 atom stereocenters. The number of aliphatic hydroxyl groups is 1. The highest BCUT2D eigenvalue weighted by Crippen LogP contribution is 2.37. The lowest BCUT2D eigenvalue weighted by Crippen LogP contribution is -2.65. The molecule has 33 heavy (non-hydrogen) atoms. The highest BCUT2D eigenvalue weighted by atomic mass is 79.9. The molecule has 0 aromatic carbocycles. The van der Waals surface area contributed by atoms with Crippen LogP contribution in [-0.2, 0) is 4.74 Å². The van der Waals surface area contributed by atoms with Crippen LogP contribution in [0, 0.1) is 11.3 Å². The van der Waals surface area contributed by atoms with E-state index in [1.54, 1.807) is 28.0 Å². The zero-order valence-corrected chi connectivity index (χ0v) is 20.0. The SMILES string of the molecule is CC(C)(C)OC(=O)N1C[C@@H](O)[C@H]2[C@@H]1CN2c1ccc(-c2cc(Br)cn3ncc(C#N)c23)cn1. The lowest BCUT2D eigenvalue weighted by molar-refractivity contribution is 0.0189. The molecule has 0 unspecified atom stereocenters. The summed E-state index contributed by atoms with van der Waals surface area (Å²) < 4.78 is 8.00. The number of nitriles is 1. The van der Waals surface area contributed by atoms with E-state index in [2.05, 4.69) is 32.1 Å². The van der Waals surface area contributed by atoms with E-state index in [4.69, 9.17) is 4.74 Å². The number of β-amino-alcohol motifs (C(OH)–C–C–N with tert-alkyl or cyclic N) is 1. The first kappa shape index (κ1) is 21.7. The number of carbonyl (C=O) groups is 1. The summed E-state index contributed by atoms with van der Waals surface area (Å²) in [7, 11) is 0. The molecule has 9 nitrogen and oxygen atoms in total. The summed E-state index contributed by atoms with van der Waals surface area (Å²) in [6.07, 6.45) is 4.04. The fourth-order valence-corrected chi connectivity index (χ4v) is 5.00. The van der Waals surface area contributed by atoms with E-state index >= 15 is 0 Å². The van der Waals surface area contributed by atoms with Gasteiger partial charge in [0.1, 0.15) is 17.5 Å². The van der Waals surface area contributed by atoms with Crippen LogP contribution in [0.25, 0.3) is 16.6 Å². The Labute approximate surface area is 199 Å². The largest absolute Gasteiger partial charge is 0.444 e. The maximum atomic E-state index is 12.5. The van der Waals surface area contributed by atoms with Crippen LogP contribution >= 0.6 is 15.9 Å². The van der Waals surface area contributed by atoms with Crippen molar-refractivity contribution in [3.05, 3.63) is 46.8 Å². The Kier molecular flexibility index (Phi) is 5.06. The zero-order valence-electron chi connectivity index (χ0n) is 18.4. The summed E-state index contributed by atoms with van der Waals surface area (Å²) in [6.45, 7) is 6.31. The quantitative estimate of drug-likeness (QED) is 0.563. The van der Waals surface area contributed by atoms with E-state index in [1.165, 1.54) is 0 Å². The van der Waals surface area contributed by atoms with Crippen LogP contribution in [0.2, 0.25) is 0 Å². The van der Waals surface area contributed by atoms with Gasteiger partial charge in [-0.25, -0.2) is 14.3 Å². The van der Waals surface area contributed by atoms with E-state index in [0.29, 0.717) is 12.1 Å². The number of pyridine rings is 2. The number of ether oxygens (including phenoxy) is 1. The van der Waals surface area contributed by atoms with Crippen molar-refractivity contribution >= 4 is 33.4 Å². The van der Waals surface area contributed by atoms with Crippen molar-refractivity contribution in [3.8, 4) is 17.2 Å².